The maximum absolute atomic E-state index is 11.9. The molecule has 1 heterocycles. The third-order valence-corrected chi connectivity index (χ3v) is 5.74. The molecular weight excluding hydrogens is 412 g/mol. The maximum Gasteiger partial charge on any atom is 0.234 e. The van der Waals surface area contributed by atoms with Crippen LogP contribution in [0.25, 0.3) is 0 Å². The van der Waals surface area contributed by atoms with Crippen LogP contribution in [0.5, 0.6) is 0 Å². The molecule has 0 radical (unpaired) electrons. The van der Waals surface area contributed by atoms with Crippen molar-refractivity contribution < 1.29 is 4.79 Å². The smallest absolute Gasteiger partial charge is 0.234 e. The monoisotopic (exact) mass is 422 g/mol. The van der Waals surface area contributed by atoms with Gasteiger partial charge in [0.25, 0.3) is 0 Å². The zero-order chi connectivity index (χ0) is 13.8. The Labute approximate surface area is 137 Å². The number of hydrogen-bond donors (Lipinski definition) is 1. The van der Waals surface area contributed by atoms with Crippen LogP contribution in [0, 0.1) is 6.92 Å². The highest BCUT2D eigenvalue weighted by molar-refractivity contribution is 9.11. The number of benzene rings is 1. The number of aliphatic imine (C=N–C) groups is 1. The lowest BCUT2D eigenvalue weighted by Crippen LogP contribution is -2.16. The molecule has 0 spiro atoms. The summed E-state index contributed by atoms with van der Waals surface area (Å²) < 4.78 is 2.88. The quantitative estimate of drug-likeness (QED) is 0.787. The molecule has 1 N–H and O–H groups in total. The van der Waals surface area contributed by atoms with Crippen LogP contribution in [0.2, 0.25) is 0 Å². The summed E-state index contributed by atoms with van der Waals surface area (Å²) in [5.74, 6) is 1.42. The van der Waals surface area contributed by atoms with E-state index in [2.05, 4.69) is 42.2 Å². The second-order valence-electron chi connectivity index (χ2n) is 3.91. The zero-order valence-electron chi connectivity index (χ0n) is 10.2. The van der Waals surface area contributed by atoms with Gasteiger partial charge in [-0.15, -0.1) is 0 Å². The Morgan fingerprint density at radius 2 is 2.32 bits per heavy atom. The van der Waals surface area contributed by atoms with Crippen molar-refractivity contribution in [3.05, 3.63) is 26.6 Å². The van der Waals surface area contributed by atoms with Crippen LogP contribution >= 0.6 is 55.4 Å². The van der Waals surface area contributed by atoms with E-state index in [1.807, 2.05) is 19.1 Å². The first kappa shape index (κ1) is 15.4. The average molecular weight is 424 g/mol. The standard InChI is InChI=1S/C12H12Br2N2OS2/c1-7-4-8(13)5-9(14)11(7)16-10(17)6-19-12-15-2-3-18-12/h4-5H,2-3,6H2,1H3,(H,16,17). The second kappa shape index (κ2) is 7.15. The van der Waals surface area contributed by atoms with Crippen molar-refractivity contribution in [1.82, 2.24) is 0 Å². The molecular formula is C12H12Br2N2OS2. The van der Waals surface area contributed by atoms with Gasteiger partial charge in [-0.3, -0.25) is 9.79 Å². The van der Waals surface area contributed by atoms with Crippen molar-refractivity contribution in [3.8, 4) is 0 Å². The number of halogens is 2. The van der Waals surface area contributed by atoms with E-state index in [0.717, 1.165) is 36.9 Å². The molecule has 3 nitrogen and oxygen atoms in total. The van der Waals surface area contributed by atoms with Crippen LogP contribution in [-0.2, 0) is 4.79 Å². The van der Waals surface area contributed by atoms with Gasteiger partial charge in [0, 0.05) is 14.7 Å². The highest BCUT2D eigenvalue weighted by atomic mass is 79.9. The molecule has 0 unspecified atom stereocenters. The molecule has 19 heavy (non-hydrogen) atoms. The van der Waals surface area contributed by atoms with Gasteiger partial charge in [0.1, 0.15) is 4.38 Å². The minimum atomic E-state index is -0.00803. The summed E-state index contributed by atoms with van der Waals surface area (Å²) in [7, 11) is 0. The summed E-state index contributed by atoms with van der Waals surface area (Å²) in [6, 6.07) is 3.90. The third kappa shape index (κ3) is 4.51. The van der Waals surface area contributed by atoms with Gasteiger partial charge in [-0.1, -0.05) is 39.5 Å². The number of amides is 1. The number of hydrogen-bond acceptors (Lipinski definition) is 4. The number of nitrogens with zero attached hydrogens (tertiary/aromatic N) is 1. The Hall–Kier alpha value is 0.0200. The summed E-state index contributed by atoms with van der Waals surface area (Å²) in [4.78, 5) is 16.2. The highest BCUT2D eigenvalue weighted by Gasteiger charge is 2.13. The van der Waals surface area contributed by atoms with Gasteiger partial charge in [-0.05, 0) is 40.5 Å². The molecule has 1 aliphatic heterocycles. The normalized spacial score (nSPS) is 14.4. The van der Waals surface area contributed by atoms with E-state index in [1.54, 1.807) is 11.8 Å². The van der Waals surface area contributed by atoms with Gasteiger partial charge in [0.2, 0.25) is 5.91 Å². The predicted molar refractivity (Wildman–Crippen MR) is 92.4 cm³/mol. The fraction of sp³-hybridized carbons (Fsp3) is 0.333. The van der Waals surface area contributed by atoms with E-state index in [4.69, 9.17) is 0 Å². The van der Waals surface area contributed by atoms with Crippen molar-refractivity contribution >= 4 is 71.4 Å². The lowest BCUT2D eigenvalue weighted by atomic mass is 10.2. The van der Waals surface area contributed by atoms with Crippen LogP contribution < -0.4 is 5.32 Å². The Kier molecular flexibility index (Phi) is 5.80. The Morgan fingerprint density at radius 3 is 2.95 bits per heavy atom. The van der Waals surface area contributed by atoms with E-state index in [9.17, 15) is 4.79 Å². The summed E-state index contributed by atoms with van der Waals surface area (Å²) in [5, 5.41) is 2.94. The molecule has 1 aromatic rings. The molecule has 0 atom stereocenters. The van der Waals surface area contributed by atoms with Gasteiger partial charge in [0.05, 0.1) is 18.0 Å². The first-order valence-electron chi connectivity index (χ1n) is 5.62. The molecule has 0 aromatic heterocycles. The molecule has 7 heteroatoms. The van der Waals surface area contributed by atoms with Gasteiger partial charge in [-0.2, -0.15) is 0 Å². The van der Waals surface area contributed by atoms with E-state index in [1.165, 1.54) is 11.8 Å². The molecule has 0 bridgehead atoms. The molecule has 0 saturated carbocycles. The van der Waals surface area contributed by atoms with Gasteiger partial charge < -0.3 is 5.32 Å². The van der Waals surface area contributed by atoms with Crippen molar-refractivity contribution in [3.63, 3.8) is 0 Å². The van der Waals surface area contributed by atoms with Crippen LogP contribution in [0.15, 0.2) is 26.1 Å². The number of anilines is 1. The topological polar surface area (TPSA) is 41.5 Å². The second-order valence-corrected chi connectivity index (χ2v) is 7.99. The van der Waals surface area contributed by atoms with Crippen LogP contribution in [0.3, 0.4) is 0 Å². The summed E-state index contributed by atoms with van der Waals surface area (Å²) in [6.45, 7) is 2.83. The van der Waals surface area contributed by atoms with Crippen molar-refractivity contribution in [2.45, 2.75) is 6.92 Å². The van der Waals surface area contributed by atoms with Gasteiger partial charge >= 0.3 is 0 Å². The molecule has 1 amide bonds. The predicted octanol–water partition coefficient (Wildman–Crippen LogP) is 4.29. The van der Waals surface area contributed by atoms with Crippen LogP contribution in [-0.4, -0.2) is 28.3 Å². The van der Waals surface area contributed by atoms with Crippen LogP contribution in [0.1, 0.15) is 5.56 Å². The SMILES string of the molecule is Cc1cc(Br)cc(Br)c1NC(=O)CSC1=NCCS1. The molecule has 0 fully saturated rings. The fourth-order valence-corrected chi connectivity index (χ4v) is 4.91. The Bertz CT molecular complexity index is 511. The fourth-order valence-electron chi connectivity index (χ4n) is 1.57. The minimum Gasteiger partial charge on any atom is -0.324 e. The van der Waals surface area contributed by atoms with Crippen molar-refractivity contribution in [1.29, 1.82) is 0 Å². The number of nitrogens with one attached hydrogen (secondary N) is 1. The summed E-state index contributed by atoms with van der Waals surface area (Å²) >= 11 is 10.1. The summed E-state index contributed by atoms with van der Waals surface area (Å²) in [5.41, 5.74) is 1.85. The first-order valence-corrected chi connectivity index (χ1v) is 9.17. The minimum absolute atomic E-state index is 0.00803. The maximum atomic E-state index is 11.9. The lowest BCUT2D eigenvalue weighted by Gasteiger charge is -2.11. The van der Waals surface area contributed by atoms with Gasteiger partial charge in [-0.25, -0.2) is 0 Å². The number of rotatable bonds is 3. The molecule has 1 aromatic carbocycles. The number of aryl methyl sites for hydroxylation is 1. The van der Waals surface area contributed by atoms with E-state index in [0.29, 0.717) is 5.75 Å². The molecule has 0 aliphatic carbocycles. The molecule has 0 saturated heterocycles. The largest absolute Gasteiger partial charge is 0.324 e. The summed E-state index contributed by atoms with van der Waals surface area (Å²) in [6.07, 6.45) is 0. The van der Waals surface area contributed by atoms with Gasteiger partial charge in [0.15, 0.2) is 0 Å². The third-order valence-electron chi connectivity index (χ3n) is 2.40. The van der Waals surface area contributed by atoms with Crippen molar-refractivity contribution in [2.24, 2.45) is 4.99 Å². The number of carbonyl (C=O) groups excluding carboxylic acids is 1. The molecule has 2 rings (SSSR count). The first-order chi connectivity index (χ1) is 9.06. The lowest BCUT2D eigenvalue weighted by molar-refractivity contribution is -0.113. The highest BCUT2D eigenvalue weighted by Crippen LogP contribution is 2.30. The van der Waals surface area contributed by atoms with Crippen LogP contribution in [0.4, 0.5) is 5.69 Å². The Balaban J connectivity index is 1.95. The number of thioether (sulfide) groups is 2. The molecule has 1 aliphatic rings. The van der Waals surface area contributed by atoms with E-state index in [-0.39, 0.29) is 5.91 Å². The van der Waals surface area contributed by atoms with E-state index >= 15 is 0 Å². The number of carbonyl (C=O) groups is 1. The Morgan fingerprint density at radius 1 is 1.53 bits per heavy atom. The zero-order valence-corrected chi connectivity index (χ0v) is 15.0. The van der Waals surface area contributed by atoms with Crippen molar-refractivity contribution in [2.75, 3.05) is 23.4 Å². The van der Waals surface area contributed by atoms with E-state index < -0.39 is 0 Å². The average Bonchev–Trinajstić information content (AvgIpc) is 2.84. The molecule has 102 valence electrons.